The van der Waals surface area contributed by atoms with E-state index in [-0.39, 0.29) is 10.6 Å². The molecule has 0 bridgehead atoms. The first-order valence-electron chi connectivity index (χ1n) is 5.08. The van der Waals surface area contributed by atoms with Gasteiger partial charge in [0, 0.05) is 29.6 Å². The molecule has 0 saturated carbocycles. The molecular weight excluding hydrogens is 238 g/mol. The molecule has 0 unspecified atom stereocenters. The number of hydrogen-bond acceptors (Lipinski definition) is 5. The van der Waals surface area contributed by atoms with Gasteiger partial charge in [0.25, 0.3) is 5.69 Å². The second-order valence-electron chi connectivity index (χ2n) is 3.78. The smallest absolute Gasteiger partial charge is 0.271 e. The van der Waals surface area contributed by atoms with Crippen molar-refractivity contribution in [2.45, 2.75) is 6.54 Å². The fourth-order valence-corrected chi connectivity index (χ4v) is 2.60. The van der Waals surface area contributed by atoms with Crippen LogP contribution >= 0.6 is 11.3 Å². The highest BCUT2D eigenvalue weighted by molar-refractivity contribution is 7.08. The zero-order valence-corrected chi connectivity index (χ0v) is 9.58. The van der Waals surface area contributed by atoms with Gasteiger partial charge in [-0.15, -0.1) is 11.3 Å². The van der Waals surface area contributed by atoms with E-state index in [1.165, 1.54) is 11.6 Å². The number of nitro groups is 1. The molecule has 17 heavy (non-hydrogen) atoms. The van der Waals surface area contributed by atoms with E-state index in [1.807, 2.05) is 5.38 Å². The Balaban J connectivity index is 2.06. The molecule has 0 aliphatic carbocycles. The van der Waals surface area contributed by atoms with Gasteiger partial charge in [-0.1, -0.05) is 0 Å². The van der Waals surface area contributed by atoms with Crippen LogP contribution in [0.5, 0.6) is 0 Å². The Hall–Kier alpha value is -2.08. The zero-order chi connectivity index (χ0) is 11.8. The summed E-state index contributed by atoms with van der Waals surface area (Å²) in [6.07, 6.45) is 0. The fourth-order valence-electron chi connectivity index (χ4n) is 1.81. The first-order valence-corrected chi connectivity index (χ1v) is 6.03. The summed E-state index contributed by atoms with van der Waals surface area (Å²) in [5.41, 5.74) is 3.92. The number of benzene rings is 1. The number of nitrogens with zero attached hydrogens (tertiary/aromatic N) is 1. The van der Waals surface area contributed by atoms with Gasteiger partial charge in [0.2, 0.25) is 0 Å². The van der Waals surface area contributed by atoms with E-state index < -0.39 is 0 Å². The molecule has 1 aliphatic rings. The number of hydrogen-bond donors (Lipinski definition) is 2. The summed E-state index contributed by atoms with van der Waals surface area (Å²) in [7, 11) is 0. The summed E-state index contributed by atoms with van der Waals surface area (Å²) in [6, 6.07) is 4.79. The van der Waals surface area contributed by atoms with Crippen LogP contribution in [0.25, 0.3) is 0 Å². The van der Waals surface area contributed by atoms with Gasteiger partial charge in [-0.2, -0.15) is 0 Å². The highest BCUT2D eigenvalue weighted by atomic mass is 32.1. The maximum absolute atomic E-state index is 10.7. The molecule has 2 aromatic rings. The predicted octanol–water partition coefficient (Wildman–Crippen LogP) is 3.33. The average molecular weight is 247 g/mol. The molecule has 0 atom stereocenters. The molecule has 0 spiro atoms. The third kappa shape index (κ3) is 1.72. The Kier molecular flexibility index (Phi) is 2.22. The van der Waals surface area contributed by atoms with Crippen LogP contribution in [-0.2, 0) is 6.54 Å². The molecule has 2 N–H and O–H groups in total. The Morgan fingerprint density at radius 2 is 2.12 bits per heavy atom. The van der Waals surface area contributed by atoms with E-state index in [0.717, 1.165) is 23.6 Å². The van der Waals surface area contributed by atoms with Crippen LogP contribution < -0.4 is 10.6 Å². The number of nitro benzene ring substituents is 1. The quantitative estimate of drug-likeness (QED) is 0.599. The predicted molar refractivity (Wildman–Crippen MR) is 68.0 cm³/mol. The topological polar surface area (TPSA) is 67.2 Å². The number of anilines is 3. The summed E-state index contributed by atoms with van der Waals surface area (Å²) in [5, 5.41) is 21.3. The SMILES string of the molecule is O=[N+]([O-])c1ccc2c(c1)Nc1cscc1CN2. The lowest BCUT2D eigenvalue weighted by atomic mass is 10.2. The van der Waals surface area contributed by atoms with Crippen LogP contribution in [0.3, 0.4) is 0 Å². The molecule has 6 heteroatoms. The average Bonchev–Trinajstić information content (AvgIpc) is 2.68. The zero-order valence-electron chi connectivity index (χ0n) is 8.77. The molecule has 86 valence electrons. The van der Waals surface area contributed by atoms with Crippen molar-refractivity contribution >= 4 is 34.1 Å². The minimum Gasteiger partial charge on any atom is -0.379 e. The second-order valence-corrected chi connectivity index (χ2v) is 4.52. The van der Waals surface area contributed by atoms with Crippen molar-refractivity contribution in [3.63, 3.8) is 0 Å². The molecule has 5 nitrogen and oxygen atoms in total. The Bertz CT molecular complexity index is 594. The lowest BCUT2D eigenvalue weighted by Crippen LogP contribution is -1.97. The maximum atomic E-state index is 10.7. The summed E-state index contributed by atoms with van der Waals surface area (Å²) >= 11 is 1.61. The monoisotopic (exact) mass is 247 g/mol. The molecule has 0 saturated heterocycles. The van der Waals surface area contributed by atoms with Crippen molar-refractivity contribution in [3.8, 4) is 0 Å². The van der Waals surface area contributed by atoms with Crippen LogP contribution in [0.1, 0.15) is 5.56 Å². The van der Waals surface area contributed by atoms with Crippen LogP contribution in [0.15, 0.2) is 29.0 Å². The van der Waals surface area contributed by atoms with E-state index in [1.54, 1.807) is 23.5 Å². The number of rotatable bonds is 1. The lowest BCUT2D eigenvalue weighted by molar-refractivity contribution is -0.384. The van der Waals surface area contributed by atoms with Crippen LogP contribution in [0, 0.1) is 10.1 Å². The van der Waals surface area contributed by atoms with Gasteiger partial charge in [0.15, 0.2) is 0 Å². The highest BCUT2D eigenvalue weighted by Crippen LogP contribution is 2.35. The number of non-ortho nitro benzene ring substituents is 1. The maximum Gasteiger partial charge on any atom is 0.271 e. The van der Waals surface area contributed by atoms with Gasteiger partial charge >= 0.3 is 0 Å². The first kappa shape index (κ1) is 10.1. The molecule has 0 fully saturated rings. The fraction of sp³-hybridized carbons (Fsp3) is 0.0909. The molecule has 1 aromatic heterocycles. The van der Waals surface area contributed by atoms with Crippen molar-refractivity contribution in [2.24, 2.45) is 0 Å². The summed E-state index contributed by atoms with van der Waals surface area (Å²) in [6.45, 7) is 0.733. The Morgan fingerprint density at radius 1 is 1.24 bits per heavy atom. The molecule has 1 aromatic carbocycles. The number of nitrogens with one attached hydrogen (secondary N) is 2. The first-order chi connectivity index (χ1) is 8.24. The third-order valence-corrected chi connectivity index (χ3v) is 3.49. The van der Waals surface area contributed by atoms with Crippen molar-refractivity contribution in [2.75, 3.05) is 10.6 Å². The van der Waals surface area contributed by atoms with Gasteiger partial charge in [-0.3, -0.25) is 10.1 Å². The van der Waals surface area contributed by atoms with E-state index in [0.29, 0.717) is 0 Å². The number of thiophene rings is 1. The lowest BCUT2D eigenvalue weighted by Gasteiger charge is -2.07. The molecular formula is C11H9N3O2S. The van der Waals surface area contributed by atoms with Crippen LogP contribution in [0.4, 0.5) is 22.7 Å². The van der Waals surface area contributed by atoms with E-state index in [9.17, 15) is 10.1 Å². The molecule has 1 aliphatic heterocycles. The summed E-state index contributed by atoms with van der Waals surface area (Å²) in [4.78, 5) is 10.3. The van der Waals surface area contributed by atoms with Gasteiger partial charge < -0.3 is 10.6 Å². The van der Waals surface area contributed by atoms with Crippen molar-refractivity contribution < 1.29 is 4.92 Å². The van der Waals surface area contributed by atoms with Crippen LogP contribution in [0.2, 0.25) is 0 Å². The van der Waals surface area contributed by atoms with Crippen molar-refractivity contribution in [1.82, 2.24) is 0 Å². The van der Waals surface area contributed by atoms with E-state index >= 15 is 0 Å². The standard InChI is InChI=1S/C11H9N3O2S/c15-14(16)8-1-2-9-10(3-8)13-11-6-17-5-7(11)4-12-9/h1-3,5-6,12-13H,4H2. The molecule has 0 radical (unpaired) electrons. The summed E-state index contributed by atoms with van der Waals surface area (Å²) < 4.78 is 0. The minimum atomic E-state index is -0.388. The van der Waals surface area contributed by atoms with Crippen LogP contribution in [-0.4, -0.2) is 4.92 Å². The highest BCUT2D eigenvalue weighted by Gasteiger charge is 2.15. The third-order valence-electron chi connectivity index (χ3n) is 2.69. The van der Waals surface area contributed by atoms with Gasteiger partial charge in [-0.05, 0) is 11.4 Å². The van der Waals surface area contributed by atoms with Gasteiger partial charge in [0.1, 0.15) is 0 Å². The normalized spacial score (nSPS) is 12.7. The molecule has 3 rings (SSSR count). The van der Waals surface area contributed by atoms with E-state index in [4.69, 9.17) is 0 Å². The Labute approximate surface area is 101 Å². The Morgan fingerprint density at radius 3 is 2.94 bits per heavy atom. The second kappa shape index (κ2) is 3.74. The molecule has 0 amide bonds. The van der Waals surface area contributed by atoms with E-state index in [2.05, 4.69) is 16.0 Å². The number of fused-ring (bicyclic) bond motifs is 2. The molecule has 2 heterocycles. The summed E-state index contributed by atoms with van der Waals surface area (Å²) in [5.74, 6) is 0. The van der Waals surface area contributed by atoms with Crippen molar-refractivity contribution in [1.29, 1.82) is 0 Å². The largest absolute Gasteiger partial charge is 0.379 e. The van der Waals surface area contributed by atoms with Gasteiger partial charge in [-0.25, -0.2) is 0 Å². The van der Waals surface area contributed by atoms with Gasteiger partial charge in [0.05, 0.1) is 22.0 Å². The minimum absolute atomic E-state index is 0.0942. The van der Waals surface area contributed by atoms with Crippen molar-refractivity contribution in [3.05, 3.63) is 44.6 Å².